The molecular weight excluding hydrogens is 176 g/mol. The molecule has 0 aromatic carbocycles. The van der Waals surface area contributed by atoms with Crippen LogP contribution in [-0.4, -0.2) is 12.6 Å². The van der Waals surface area contributed by atoms with Gasteiger partial charge in [-0.05, 0) is 37.5 Å². The normalized spacial score (nSPS) is 34.5. The highest BCUT2D eigenvalue weighted by molar-refractivity contribution is 5.89. The Kier molecular flexibility index (Phi) is 2.62. The zero-order valence-electron chi connectivity index (χ0n) is 8.79. The maximum absolute atomic E-state index is 11.4. The molecule has 0 radical (unpaired) electrons. The fourth-order valence-corrected chi connectivity index (χ4v) is 2.87. The van der Waals surface area contributed by atoms with E-state index in [0.717, 1.165) is 17.4 Å². The minimum Gasteiger partial charge on any atom is -0.463 e. The number of fused-ring (bicyclic) bond motifs is 1. The topological polar surface area (TPSA) is 26.3 Å². The highest BCUT2D eigenvalue weighted by atomic mass is 16.5. The van der Waals surface area contributed by atoms with Crippen LogP contribution in [0.5, 0.6) is 0 Å². The van der Waals surface area contributed by atoms with Gasteiger partial charge in [-0.15, -0.1) is 0 Å². The van der Waals surface area contributed by atoms with Crippen LogP contribution in [0.1, 0.15) is 32.6 Å². The van der Waals surface area contributed by atoms with Gasteiger partial charge in [-0.3, -0.25) is 0 Å². The molecule has 0 aromatic heterocycles. The average molecular weight is 194 g/mol. The van der Waals surface area contributed by atoms with Crippen LogP contribution in [0.25, 0.3) is 0 Å². The van der Waals surface area contributed by atoms with Crippen LogP contribution in [0.3, 0.4) is 0 Å². The van der Waals surface area contributed by atoms with Crippen molar-refractivity contribution in [1.82, 2.24) is 0 Å². The Bertz CT molecular complexity index is 245. The van der Waals surface area contributed by atoms with Crippen molar-refractivity contribution in [3.63, 3.8) is 0 Å². The Labute approximate surface area is 85.3 Å². The minimum atomic E-state index is -0.174. The molecule has 2 nitrogen and oxygen atoms in total. The molecule has 0 N–H and O–H groups in total. The molecule has 0 spiro atoms. The summed E-state index contributed by atoms with van der Waals surface area (Å²) in [5.74, 6) is 1.78. The molecule has 2 rings (SSSR count). The molecule has 0 amide bonds. The van der Waals surface area contributed by atoms with Gasteiger partial charge in [0.15, 0.2) is 0 Å². The molecule has 78 valence electrons. The van der Waals surface area contributed by atoms with Crippen LogP contribution in [0, 0.1) is 17.8 Å². The van der Waals surface area contributed by atoms with E-state index in [-0.39, 0.29) is 5.97 Å². The summed E-state index contributed by atoms with van der Waals surface area (Å²) >= 11 is 0. The van der Waals surface area contributed by atoms with Gasteiger partial charge in [0.05, 0.1) is 6.61 Å². The number of hydrogen-bond donors (Lipinski definition) is 0. The first-order chi connectivity index (χ1) is 6.75. The maximum atomic E-state index is 11.4. The predicted octanol–water partition coefficient (Wildman–Crippen LogP) is 2.54. The van der Waals surface area contributed by atoms with E-state index < -0.39 is 0 Å². The lowest BCUT2D eigenvalue weighted by molar-refractivity contribution is -0.138. The van der Waals surface area contributed by atoms with Crippen LogP contribution >= 0.6 is 0 Å². The van der Waals surface area contributed by atoms with Crippen LogP contribution in [-0.2, 0) is 9.53 Å². The van der Waals surface area contributed by atoms with Gasteiger partial charge in [0.2, 0.25) is 0 Å². The number of hydrogen-bond acceptors (Lipinski definition) is 2. The molecule has 0 aliphatic heterocycles. The van der Waals surface area contributed by atoms with Crippen molar-refractivity contribution in [3.8, 4) is 0 Å². The first-order valence-corrected chi connectivity index (χ1v) is 5.61. The smallest absolute Gasteiger partial charge is 0.333 e. The second-order valence-electron chi connectivity index (χ2n) is 4.38. The lowest BCUT2D eigenvalue weighted by atomic mass is 10.0. The third kappa shape index (κ3) is 1.58. The summed E-state index contributed by atoms with van der Waals surface area (Å²) in [6.45, 7) is 6.18. The highest BCUT2D eigenvalue weighted by Gasteiger charge is 2.53. The van der Waals surface area contributed by atoms with E-state index in [1.807, 2.05) is 6.92 Å². The summed E-state index contributed by atoms with van der Waals surface area (Å²) in [5, 5.41) is 0. The summed E-state index contributed by atoms with van der Waals surface area (Å²) < 4.78 is 4.97. The highest BCUT2D eigenvalue weighted by Crippen LogP contribution is 2.58. The van der Waals surface area contributed by atoms with E-state index in [0.29, 0.717) is 12.5 Å². The zero-order chi connectivity index (χ0) is 10.1. The lowest BCUT2D eigenvalue weighted by Gasteiger charge is -2.04. The third-order valence-corrected chi connectivity index (χ3v) is 3.60. The van der Waals surface area contributed by atoms with Gasteiger partial charge in [-0.1, -0.05) is 19.4 Å². The molecule has 2 aliphatic rings. The number of rotatable bonds is 3. The standard InChI is InChI=1S/C12H18O2/c1-3-14-12(13)8(2)11-9-6-4-5-7-10(9)11/h9-11H,2-7H2,1H3. The molecule has 2 saturated carbocycles. The van der Waals surface area contributed by atoms with Crippen LogP contribution < -0.4 is 0 Å². The molecule has 0 bridgehead atoms. The van der Waals surface area contributed by atoms with E-state index in [9.17, 15) is 4.79 Å². The van der Waals surface area contributed by atoms with Crippen LogP contribution in [0.15, 0.2) is 12.2 Å². The van der Waals surface area contributed by atoms with Gasteiger partial charge < -0.3 is 4.74 Å². The third-order valence-electron chi connectivity index (χ3n) is 3.60. The Morgan fingerprint density at radius 1 is 1.36 bits per heavy atom. The SMILES string of the molecule is C=C(C(=O)OCC)C1C2CCCCC21. The second-order valence-corrected chi connectivity index (χ2v) is 4.38. The van der Waals surface area contributed by atoms with E-state index in [1.165, 1.54) is 25.7 Å². The molecule has 2 aliphatic carbocycles. The Morgan fingerprint density at radius 3 is 2.43 bits per heavy atom. The van der Waals surface area contributed by atoms with Gasteiger partial charge in [-0.2, -0.15) is 0 Å². The summed E-state index contributed by atoms with van der Waals surface area (Å²) in [4.78, 5) is 11.4. The van der Waals surface area contributed by atoms with Crippen molar-refractivity contribution >= 4 is 5.97 Å². The van der Waals surface area contributed by atoms with Crippen molar-refractivity contribution in [1.29, 1.82) is 0 Å². The molecular formula is C12H18O2. The summed E-state index contributed by atoms with van der Waals surface area (Å²) in [7, 11) is 0. The van der Waals surface area contributed by atoms with Crippen molar-refractivity contribution in [3.05, 3.63) is 12.2 Å². The van der Waals surface area contributed by atoms with E-state index in [1.54, 1.807) is 0 Å². The van der Waals surface area contributed by atoms with Gasteiger partial charge in [0.1, 0.15) is 0 Å². The van der Waals surface area contributed by atoms with Gasteiger partial charge in [-0.25, -0.2) is 4.79 Å². The summed E-state index contributed by atoms with van der Waals surface area (Å²) in [5.41, 5.74) is 0.726. The van der Waals surface area contributed by atoms with Crippen LogP contribution in [0.2, 0.25) is 0 Å². The predicted molar refractivity (Wildman–Crippen MR) is 54.7 cm³/mol. The fraction of sp³-hybridized carbons (Fsp3) is 0.750. The van der Waals surface area contributed by atoms with E-state index in [4.69, 9.17) is 4.74 Å². The number of carbonyl (C=O) groups excluding carboxylic acids is 1. The Balaban J connectivity index is 1.91. The number of ether oxygens (including phenoxy) is 1. The molecule has 2 fully saturated rings. The first kappa shape index (κ1) is 9.75. The van der Waals surface area contributed by atoms with Crippen molar-refractivity contribution in [2.75, 3.05) is 6.61 Å². The summed E-state index contributed by atoms with van der Waals surface area (Å²) in [6, 6.07) is 0. The minimum absolute atomic E-state index is 0.174. The maximum Gasteiger partial charge on any atom is 0.333 e. The lowest BCUT2D eigenvalue weighted by Crippen LogP contribution is -2.09. The average Bonchev–Trinajstić information content (AvgIpc) is 2.91. The van der Waals surface area contributed by atoms with Gasteiger partial charge in [0.25, 0.3) is 0 Å². The molecule has 0 heterocycles. The molecule has 2 heteroatoms. The molecule has 2 atom stereocenters. The number of carbonyl (C=O) groups is 1. The fourth-order valence-electron chi connectivity index (χ4n) is 2.87. The first-order valence-electron chi connectivity index (χ1n) is 5.61. The Hall–Kier alpha value is -0.790. The second kappa shape index (κ2) is 3.76. The van der Waals surface area contributed by atoms with E-state index >= 15 is 0 Å². The summed E-state index contributed by atoms with van der Waals surface area (Å²) in [6.07, 6.45) is 5.23. The molecule has 0 saturated heterocycles. The van der Waals surface area contributed by atoms with Crippen molar-refractivity contribution < 1.29 is 9.53 Å². The van der Waals surface area contributed by atoms with Crippen molar-refractivity contribution in [2.24, 2.45) is 17.8 Å². The zero-order valence-corrected chi connectivity index (χ0v) is 8.79. The Morgan fingerprint density at radius 2 is 1.93 bits per heavy atom. The van der Waals surface area contributed by atoms with Gasteiger partial charge in [0, 0.05) is 5.57 Å². The van der Waals surface area contributed by atoms with Gasteiger partial charge >= 0.3 is 5.97 Å². The van der Waals surface area contributed by atoms with E-state index in [2.05, 4.69) is 6.58 Å². The number of esters is 1. The molecule has 0 aromatic rings. The van der Waals surface area contributed by atoms with Crippen LogP contribution in [0.4, 0.5) is 0 Å². The molecule has 2 unspecified atom stereocenters. The molecule has 14 heavy (non-hydrogen) atoms. The quantitative estimate of drug-likeness (QED) is 0.510. The largest absolute Gasteiger partial charge is 0.463 e. The van der Waals surface area contributed by atoms with Crippen molar-refractivity contribution in [2.45, 2.75) is 32.6 Å². The monoisotopic (exact) mass is 194 g/mol.